The largest absolute Gasteiger partial charge is 0.444 e. The van der Waals surface area contributed by atoms with Crippen LogP contribution in [-0.4, -0.2) is 54.1 Å². The molecule has 1 rings (SSSR count). The SMILES string of the molecule is CC(C)(C)OC(=O)N(CCO)C1CCOC1. The quantitative estimate of drug-likeness (QED) is 0.787. The lowest BCUT2D eigenvalue weighted by Crippen LogP contribution is -2.45. The van der Waals surface area contributed by atoms with Crippen molar-refractivity contribution in [1.82, 2.24) is 4.90 Å². The van der Waals surface area contributed by atoms with Crippen LogP contribution in [0.15, 0.2) is 0 Å². The van der Waals surface area contributed by atoms with E-state index in [4.69, 9.17) is 14.6 Å². The molecule has 0 saturated carbocycles. The maximum Gasteiger partial charge on any atom is 0.410 e. The summed E-state index contributed by atoms with van der Waals surface area (Å²) >= 11 is 0. The molecule has 1 unspecified atom stereocenters. The molecule has 0 aromatic rings. The summed E-state index contributed by atoms with van der Waals surface area (Å²) in [5.41, 5.74) is -0.510. The van der Waals surface area contributed by atoms with Gasteiger partial charge in [0.1, 0.15) is 5.60 Å². The molecule has 1 N–H and O–H groups in total. The summed E-state index contributed by atoms with van der Waals surface area (Å²) in [4.78, 5) is 13.4. The molecule has 1 aliphatic heterocycles. The van der Waals surface area contributed by atoms with Crippen LogP contribution in [0.4, 0.5) is 4.79 Å². The van der Waals surface area contributed by atoms with E-state index in [-0.39, 0.29) is 18.7 Å². The van der Waals surface area contributed by atoms with E-state index >= 15 is 0 Å². The van der Waals surface area contributed by atoms with Gasteiger partial charge in [-0.05, 0) is 27.2 Å². The Bertz CT molecular complexity index is 231. The molecule has 1 atom stereocenters. The normalized spacial score (nSPS) is 20.9. The van der Waals surface area contributed by atoms with Gasteiger partial charge in [-0.15, -0.1) is 0 Å². The minimum absolute atomic E-state index is 0.0296. The van der Waals surface area contributed by atoms with E-state index in [2.05, 4.69) is 0 Å². The maximum atomic E-state index is 11.9. The number of amides is 1. The molecule has 1 fully saturated rings. The Kier molecular flexibility index (Phi) is 4.56. The topological polar surface area (TPSA) is 59.0 Å². The van der Waals surface area contributed by atoms with Gasteiger partial charge >= 0.3 is 6.09 Å². The second-order valence-corrected chi connectivity index (χ2v) is 4.91. The lowest BCUT2D eigenvalue weighted by Gasteiger charge is -2.30. The molecular weight excluding hydrogens is 210 g/mol. The number of carbonyl (C=O) groups is 1. The summed E-state index contributed by atoms with van der Waals surface area (Å²) in [5.74, 6) is 0. The summed E-state index contributed by atoms with van der Waals surface area (Å²) in [7, 11) is 0. The van der Waals surface area contributed by atoms with E-state index in [1.54, 1.807) is 4.90 Å². The molecule has 5 heteroatoms. The average Bonchev–Trinajstić information content (AvgIpc) is 2.63. The van der Waals surface area contributed by atoms with E-state index in [1.165, 1.54) is 0 Å². The van der Waals surface area contributed by atoms with Crippen molar-refractivity contribution in [3.8, 4) is 0 Å². The molecule has 1 saturated heterocycles. The fourth-order valence-electron chi connectivity index (χ4n) is 1.62. The van der Waals surface area contributed by atoms with E-state index in [9.17, 15) is 4.79 Å². The number of aliphatic hydroxyl groups excluding tert-OH is 1. The molecule has 1 heterocycles. The van der Waals surface area contributed by atoms with Gasteiger partial charge in [0.15, 0.2) is 0 Å². The highest BCUT2D eigenvalue weighted by Crippen LogP contribution is 2.16. The average molecular weight is 231 g/mol. The molecule has 0 aromatic carbocycles. The highest BCUT2D eigenvalue weighted by atomic mass is 16.6. The molecule has 0 radical (unpaired) electrons. The lowest BCUT2D eigenvalue weighted by molar-refractivity contribution is 0.0110. The van der Waals surface area contributed by atoms with Gasteiger partial charge in [-0.2, -0.15) is 0 Å². The molecule has 5 nitrogen and oxygen atoms in total. The van der Waals surface area contributed by atoms with Crippen LogP contribution in [0, 0.1) is 0 Å². The van der Waals surface area contributed by atoms with Gasteiger partial charge < -0.3 is 19.5 Å². The number of rotatable bonds is 3. The van der Waals surface area contributed by atoms with E-state index < -0.39 is 5.60 Å². The number of ether oxygens (including phenoxy) is 2. The second-order valence-electron chi connectivity index (χ2n) is 4.91. The number of carbonyl (C=O) groups excluding carboxylic acids is 1. The summed E-state index contributed by atoms with van der Waals surface area (Å²) in [6.45, 7) is 6.90. The zero-order valence-corrected chi connectivity index (χ0v) is 10.2. The number of hydrogen-bond donors (Lipinski definition) is 1. The molecule has 16 heavy (non-hydrogen) atoms. The van der Waals surface area contributed by atoms with Crippen molar-refractivity contribution < 1.29 is 19.4 Å². The Morgan fingerprint density at radius 2 is 2.25 bits per heavy atom. The molecule has 0 spiro atoms. The third-order valence-corrected chi connectivity index (χ3v) is 2.32. The number of nitrogens with zero attached hydrogens (tertiary/aromatic N) is 1. The Balaban J connectivity index is 2.57. The van der Waals surface area contributed by atoms with Gasteiger partial charge in [0.2, 0.25) is 0 Å². The van der Waals surface area contributed by atoms with Gasteiger partial charge in [-0.1, -0.05) is 0 Å². The fraction of sp³-hybridized carbons (Fsp3) is 0.909. The summed E-state index contributed by atoms with van der Waals surface area (Å²) in [6, 6.07) is 0.0296. The van der Waals surface area contributed by atoms with Crippen molar-refractivity contribution in [1.29, 1.82) is 0 Å². The molecular formula is C11H21NO4. The highest BCUT2D eigenvalue weighted by molar-refractivity contribution is 5.68. The van der Waals surface area contributed by atoms with Crippen LogP contribution in [0.2, 0.25) is 0 Å². The van der Waals surface area contributed by atoms with E-state index in [0.717, 1.165) is 6.42 Å². The zero-order valence-electron chi connectivity index (χ0n) is 10.2. The first-order valence-corrected chi connectivity index (χ1v) is 5.62. The molecule has 1 amide bonds. The fourth-order valence-corrected chi connectivity index (χ4v) is 1.62. The Hall–Kier alpha value is -0.810. The van der Waals surface area contributed by atoms with Gasteiger partial charge in [-0.25, -0.2) is 4.79 Å². The van der Waals surface area contributed by atoms with Crippen LogP contribution < -0.4 is 0 Å². The van der Waals surface area contributed by atoms with Gasteiger partial charge in [0.05, 0.1) is 19.3 Å². The first kappa shape index (κ1) is 13.3. The standard InChI is InChI=1S/C11H21NO4/c1-11(2,3)16-10(14)12(5-6-13)9-4-7-15-8-9/h9,13H,4-8H2,1-3H3. The third-order valence-electron chi connectivity index (χ3n) is 2.32. The maximum absolute atomic E-state index is 11.9. The molecule has 0 bridgehead atoms. The smallest absolute Gasteiger partial charge is 0.410 e. The van der Waals surface area contributed by atoms with E-state index in [0.29, 0.717) is 19.8 Å². The first-order valence-electron chi connectivity index (χ1n) is 5.62. The van der Waals surface area contributed by atoms with Crippen molar-refractivity contribution >= 4 is 6.09 Å². The Labute approximate surface area is 96.3 Å². The molecule has 0 aromatic heterocycles. The monoisotopic (exact) mass is 231 g/mol. The summed E-state index contributed by atoms with van der Waals surface area (Å²) < 4.78 is 10.5. The van der Waals surface area contributed by atoms with Crippen LogP contribution in [0.25, 0.3) is 0 Å². The van der Waals surface area contributed by atoms with Crippen LogP contribution in [0.1, 0.15) is 27.2 Å². The minimum atomic E-state index is -0.510. The van der Waals surface area contributed by atoms with Gasteiger partial charge in [-0.3, -0.25) is 0 Å². The first-order chi connectivity index (χ1) is 7.44. The van der Waals surface area contributed by atoms with E-state index in [1.807, 2.05) is 20.8 Å². The molecule has 1 aliphatic rings. The Morgan fingerprint density at radius 1 is 1.56 bits per heavy atom. The van der Waals surface area contributed by atoms with Crippen LogP contribution >= 0.6 is 0 Å². The number of hydrogen-bond acceptors (Lipinski definition) is 4. The third kappa shape index (κ3) is 3.98. The molecule has 94 valence electrons. The van der Waals surface area contributed by atoms with Crippen LogP contribution in [-0.2, 0) is 9.47 Å². The van der Waals surface area contributed by atoms with Crippen molar-refractivity contribution in [2.75, 3.05) is 26.4 Å². The second kappa shape index (κ2) is 5.50. The number of aliphatic hydroxyl groups is 1. The van der Waals surface area contributed by atoms with Crippen molar-refractivity contribution in [3.05, 3.63) is 0 Å². The van der Waals surface area contributed by atoms with Crippen LogP contribution in [0.5, 0.6) is 0 Å². The van der Waals surface area contributed by atoms with Gasteiger partial charge in [0, 0.05) is 13.2 Å². The highest BCUT2D eigenvalue weighted by Gasteiger charge is 2.30. The summed E-state index contributed by atoms with van der Waals surface area (Å²) in [5, 5.41) is 8.95. The minimum Gasteiger partial charge on any atom is -0.444 e. The van der Waals surface area contributed by atoms with Crippen molar-refractivity contribution in [2.45, 2.75) is 38.8 Å². The van der Waals surface area contributed by atoms with Gasteiger partial charge in [0.25, 0.3) is 0 Å². The molecule has 0 aliphatic carbocycles. The van der Waals surface area contributed by atoms with Crippen molar-refractivity contribution in [3.63, 3.8) is 0 Å². The van der Waals surface area contributed by atoms with Crippen molar-refractivity contribution in [2.24, 2.45) is 0 Å². The Morgan fingerprint density at radius 3 is 2.69 bits per heavy atom. The zero-order chi connectivity index (χ0) is 12.2. The summed E-state index contributed by atoms with van der Waals surface area (Å²) in [6.07, 6.45) is 0.427. The lowest BCUT2D eigenvalue weighted by atomic mass is 10.2. The predicted molar refractivity (Wildman–Crippen MR) is 59.2 cm³/mol. The predicted octanol–water partition coefficient (Wildman–Crippen LogP) is 1.00. The van der Waals surface area contributed by atoms with Crippen LogP contribution in [0.3, 0.4) is 0 Å².